The highest BCUT2D eigenvalue weighted by Gasteiger charge is 2.18. The zero-order valence-corrected chi connectivity index (χ0v) is 10.1. The Labute approximate surface area is 95.8 Å². The molecule has 0 bridgehead atoms. The van der Waals surface area contributed by atoms with Crippen LogP contribution in [0.5, 0.6) is 5.75 Å². The predicted molar refractivity (Wildman–Crippen MR) is 62.4 cm³/mol. The first kappa shape index (κ1) is 12.3. The smallest absolute Gasteiger partial charge is 0.124 e. The highest BCUT2D eigenvalue weighted by molar-refractivity contribution is 6.30. The molecule has 1 N–H and O–H groups in total. The summed E-state index contributed by atoms with van der Waals surface area (Å²) in [5.74, 6) is 0.879. The zero-order valence-electron chi connectivity index (χ0n) is 9.33. The van der Waals surface area contributed by atoms with Gasteiger partial charge in [0.25, 0.3) is 0 Å². The van der Waals surface area contributed by atoms with Gasteiger partial charge < -0.3 is 9.84 Å². The Kier molecular flexibility index (Phi) is 4.43. The minimum atomic E-state index is -0.524. The van der Waals surface area contributed by atoms with E-state index in [9.17, 15) is 5.11 Å². The van der Waals surface area contributed by atoms with Gasteiger partial charge in [-0.2, -0.15) is 0 Å². The summed E-state index contributed by atoms with van der Waals surface area (Å²) >= 11 is 5.90. The van der Waals surface area contributed by atoms with Gasteiger partial charge in [0.15, 0.2) is 0 Å². The van der Waals surface area contributed by atoms with E-state index in [0.29, 0.717) is 10.8 Å². The van der Waals surface area contributed by atoms with Crippen LogP contribution in [0.2, 0.25) is 5.02 Å². The lowest BCUT2D eigenvalue weighted by Gasteiger charge is -2.20. The van der Waals surface area contributed by atoms with E-state index in [4.69, 9.17) is 16.3 Å². The molecule has 0 radical (unpaired) electrons. The minimum absolute atomic E-state index is 0.192. The second-order valence-corrected chi connectivity index (χ2v) is 4.15. The summed E-state index contributed by atoms with van der Waals surface area (Å²) in [6.45, 7) is 4.05. The standard InChI is InChI=1S/C12H17ClO2/c1-4-8(2)12(14)10-7-9(13)5-6-11(10)15-3/h5-8,12,14H,4H2,1-3H3. The molecule has 2 nitrogen and oxygen atoms in total. The van der Waals surface area contributed by atoms with E-state index in [-0.39, 0.29) is 5.92 Å². The normalized spacial score (nSPS) is 14.7. The molecule has 84 valence electrons. The second-order valence-electron chi connectivity index (χ2n) is 3.72. The first-order valence-electron chi connectivity index (χ1n) is 5.11. The van der Waals surface area contributed by atoms with Crippen molar-refractivity contribution in [1.29, 1.82) is 0 Å². The van der Waals surface area contributed by atoms with Gasteiger partial charge in [-0.25, -0.2) is 0 Å². The summed E-state index contributed by atoms with van der Waals surface area (Å²) in [7, 11) is 1.59. The van der Waals surface area contributed by atoms with Crippen LogP contribution in [-0.2, 0) is 0 Å². The van der Waals surface area contributed by atoms with Gasteiger partial charge in [0.2, 0.25) is 0 Å². The lowest BCUT2D eigenvalue weighted by molar-refractivity contribution is 0.112. The van der Waals surface area contributed by atoms with Crippen molar-refractivity contribution in [3.63, 3.8) is 0 Å². The molecule has 2 atom stereocenters. The lowest BCUT2D eigenvalue weighted by atomic mass is 9.95. The third-order valence-electron chi connectivity index (χ3n) is 2.69. The Morgan fingerprint density at radius 3 is 2.67 bits per heavy atom. The van der Waals surface area contributed by atoms with Gasteiger partial charge in [-0.05, 0) is 24.1 Å². The van der Waals surface area contributed by atoms with Gasteiger partial charge in [-0.3, -0.25) is 0 Å². The molecule has 1 aromatic carbocycles. The summed E-state index contributed by atoms with van der Waals surface area (Å²) in [6, 6.07) is 5.30. The van der Waals surface area contributed by atoms with E-state index in [0.717, 1.165) is 12.0 Å². The number of aliphatic hydroxyl groups excluding tert-OH is 1. The van der Waals surface area contributed by atoms with E-state index < -0.39 is 6.10 Å². The highest BCUT2D eigenvalue weighted by Crippen LogP contribution is 2.33. The van der Waals surface area contributed by atoms with Crippen molar-refractivity contribution >= 4 is 11.6 Å². The molecule has 0 saturated heterocycles. The molecular weight excluding hydrogens is 212 g/mol. The Morgan fingerprint density at radius 1 is 1.47 bits per heavy atom. The molecule has 0 aromatic heterocycles. The third-order valence-corrected chi connectivity index (χ3v) is 2.93. The van der Waals surface area contributed by atoms with Gasteiger partial charge in [0.05, 0.1) is 13.2 Å². The molecule has 0 amide bonds. The fraction of sp³-hybridized carbons (Fsp3) is 0.500. The Hall–Kier alpha value is -0.730. The molecule has 0 heterocycles. The number of methoxy groups -OCH3 is 1. The summed E-state index contributed by atoms with van der Waals surface area (Å²) in [5, 5.41) is 10.7. The van der Waals surface area contributed by atoms with E-state index >= 15 is 0 Å². The van der Waals surface area contributed by atoms with Crippen LogP contribution in [0.1, 0.15) is 31.9 Å². The maximum Gasteiger partial charge on any atom is 0.124 e. The molecule has 3 heteroatoms. The molecule has 0 aliphatic heterocycles. The van der Waals surface area contributed by atoms with E-state index in [2.05, 4.69) is 0 Å². The second kappa shape index (κ2) is 5.38. The largest absolute Gasteiger partial charge is 0.496 e. The zero-order chi connectivity index (χ0) is 11.4. The first-order valence-corrected chi connectivity index (χ1v) is 5.49. The summed E-state index contributed by atoms with van der Waals surface area (Å²) < 4.78 is 5.20. The van der Waals surface area contributed by atoms with Crippen LogP contribution < -0.4 is 4.74 Å². The molecule has 15 heavy (non-hydrogen) atoms. The number of ether oxygens (including phenoxy) is 1. The molecule has 1 rings (SSSR count). The van der Waals surface area contributed by atoms with Crippen molar-refractivity contribution in [3.05, 3.63) is 28.8 Å². The molecule has 0 spiro atoms. The van der Waals surface area contributed by atoms with Crippen molar-refractivity contribution in [1.82, 2.24) is 0 Å². The van der Waals surface area contributed by atoms with E-state index in [1.165, 1.54) is 0 Å². The maximum absolute atomic E-state index is 10.1. The molecule has 0 saturated carbocycles. The SMILES string of the molecule is CCC(C)C(O)c1cc(Cl)ccc1OC. The van der Waals surface area contributed by atoms with E-state index in [1.54, 1.807) is 25.3 Å². The summed E-state index contributed by atoms with van der Waals surface area (Å²) in [6.07, 6.45) is 0.389. The van der Waals surface area contributed by atoms with Crippen molar-refractivity contribution < 1.29 is 9.84 Å². The average molecular weight is 229 g/mol. The Balaban J connectivity index is 3.05. The van der Waals surface area contributed by atoms with Crippen LogP contribution in [0.4, 0.5) is 0 Å². The van der Waals surface area contributed by atoms with Gasteiger partial charge >= 0.3 is 0 Å². The Morgan fingerprint density at radius 2 is 2.13 bits per heavy atom. The van der Waals surface area contributed by atoms with Crippen molar-refractivity contribution in [3.8, 4) is 5.75 Å². The molecule has 0 fully saturated rings. The van der Waals surface area contributed by atoms with Crippen molar-refractivity contribution in [2.75, 3.05) is 7.11 Å². The molecular formula is C12H17ClO2. The van der Waals surface area contributed by atoms with Gasteiger partial charge in [-0.15, -0.1) is 0 Å². The molecule has 1 aromatic rings. The predicted octanol–water partition coefficient (Wildman–Crippen LogP) is 3.43. The van der Waals surface area contributed by atoms with Crippen LogP contribution in [0.15, 0.2) is 18.2 Å². The fourth-order valence-electron chi connectivity index (χ4n) is 1.47. The van der Waals surface area contributed by atoms with Crippen molar-refractivity contribution in [2.45, 2.75) is 26.4 Å². The first-order chi connectivity index (χ1) is 7.10. The van der Waals surface area contributed by atoms with Gasteiger partial charge in [-0.1, -0.05) is 31.9 Å². The Bertz CT molecular complexity index is 325. The number of halogens is 1. The number of hydrogen-bond acceptors (Lipinski definition) is 2. The van der Waals surface area contributed by atoms with Crippen molar-refractivity contribution in [2.24, 2.45) is 5.92 Å². The topological polar surface area (TPSA) is 29.5 Å². The molecule has 0 aliphatic carbocycles. The fourth-order valence-corrected chi connectivity index (χ4v) is 1.65. The summed E-state index contributed by atoms with van der Waals surface area (Å²) in [4.78, 5) is 0. The summed E-state index contributed by atoms with van der Waals surface area (Å²) in [5.41, 5.74) is 0.763. The monoisotopic (exact) mass is 228 g/mol. The minimum Gasteiger partial charge on any atom is -0.496 e. The van der Waals surface area contributed by atoms with Crippen LogP contribution in [-0.4, -0.2) is 12.2 Å². The number of hydrogen-bond donors (Lipinski definition) is 1. The van der Waals surface area contributed by atoms with E-state index in [1.807, 2.05) is 13.8 Å². The number of rotatable bonds is 4. The maximum atomic E-state index is 10.1. The third kappa shape index (κ3) is 2.86. The van der Waals surface area contributed by atoms with Crippen LogP contribution in [0, 0.1) is 5.92 Å². The van der Waals surface area contributed by atoms with Crippen LogP contribution in [0.25, 0.3) is 0 Å². The average Bonchev–Trinajstić information content (AvgIpc) is 2.27. The number of aliphatic hydroxyl groups is 1. The molecule has 2 unspecified atom stereocenters. The molecule has 0 aliphatic rings. The quantitative estimate of drug-likeness (QED) is 0.856. The van der Waals surface area contributed by atoms with Crippen LogP contribution >= 0.6 is 11.6 Å². The number of benzene rings is 1. The highest BCUT2D eigenvalue weighted by atomic mass is 35.5. The van der Waals surface area contributed by atoms with Crippen LogP contribution in [0.3, 0.4) is 0 Å². The van der Waals surface area contributed by atoms with Gasteiger partial charge in [0.1, 0.15) is 5.75 Å². The van der Waals surface area contributed by atoms with Gasteiger partial charge in [0, 0.05) is 10.6 Å². The lowest BCUT2D eigenvalue weighted by Crippen LogP contribution is -2.09.